The second-order valence-electron chi connectivity index (χ2n) is 3.37. The first-order chi connectivity index (χ1) is 7.63. The molecular weight excluding hydrogens is 224 g/mol. The maximum atomic E-state index is 5.67. The molecule has 0 aliphatic carbocycles. The number of rotatable bonds is 5. The number of aliphatic imine (C=N–C) groups is 1. The van der Waals surface area contributed by atoms with Gasteiger partial charge in [-0.3, -0.25) is 0 Å². The third-order valence-electron chi connectivity index (χ3n) is 2.07. The first-order valence-electron chi connectivity index (χ1n) is 5.09. The number of ether oxygens (including phenoxy) is 1. The predicted octanol–water partition coefficient (Wildman–Crippen LogP) is 0.811. The Morgan fingerprint density at radius 2 is 2.31 bits per heavy atom. The molecule has 16 heavy (non-hydrogen) atoms. The van der Waals surface area contributed by atoms with Crippen LogP contribution >= 0.6 is 11.3 Å². The third kappa shape index (κ3) is 4.16. The first kappa shape index (κ1) is 12.9. The summed E-state index contributed by atoms with van der Waals surface area (Å²) in [7, 11) is 1.65. The molecular formula is C10H18N4OS. The molecule has 1 aromatic rings. The van der Waals surface area contributed by atoms with Crippen molar-refractivity contribution in [1.29, 1.82) is 0 Å². The molecule has 0 amide bonds. The molecule has 0 saturated heterocycles. The highest BCUT2D eigenvalue weighted by Gasteiger charge is 2.02. The van der Waals surface area contributed by atoms with Gasteiger partial charge in [0, 0.05) is 18.5 Å². The van der Waals surface area contributed by atoms with Crippen LogP contribution in [0.15, 0.2) is 4.99 Å². The Hall–Kier alpha value is -1.14. The van der Waals surface area contributed by atoms with Crippen molar-refractivity contribution in [3.05, 3.63) is 15.6 Å². The molecule has 0 fully saturated rings. The van der Waals surface area contributed by atoms with Gasteiger partial charge >= 0.3 is 0 Å². The fraction of sp³-hybridized carbons (Fsp3) is 0.600. The van der Waals surface area contributed by atoms with E-state index < -0.39 is 0 Å². The minimum Gasteiger partial charge on any atom is -0.383 e. The molecule has 0 unspecified atom stereocenters. The van der Waals surface area contributed by atoms with Crippen LogP contribution in [-0.4, -0.2) is 31.2 Å². The number of nitrogens with zero attached hydrogens (tertiary/aromatic N) is 2. The number of nitrogens with one attached hydrogen (secondary N) is 1. The molecule has 1 aromatic heterocycles. The predicted molar refractivity (Wildman–Crippen MR) is 66.8 cm³/mol. The Bertz CT molecular complexity index is 342. The second-order valence-corrected chi connectivity index (χ2v) is 4.66. The molecule has 1 heterocycles. The van der Waals surface area contributed by atoms with Crippen molar-refractivity contribution in [2.75, 3.05) is 20.3 Å². The molecule has 0 bridgehead atoms. The lowest BCUT2D eigenvalue weighted by atomic mass is 10.4. The standard InChI is InChI=1S/C10H18N4OS/c1-7-8(2)16-9(14-7)6-13-10(11)12-4-5-15-3/h4-6H2,1-3H3,(H3,11,12,13). The minimum absolute atomic E-state index is 0.433. The summed E-state index contributed by atoms with van der Waals surface area (Å²) in [5.41, 5.74) is 6.74. The van der Waals surface area contributed by atoms with E-state index in [-0.39, 0.29) is 0 Å². The lowest BCUT2D eigenvalue weighted by Crippen LogP contribution is -2.34. The molecule has 0 radical (unpaired) electrons. The Morgan fingerprint density at radius 3 is 2.88 bits per heavy atom. The van der Waals surface area contributed by atoms with E-state index in [0.29, 0.717) is 25.7 Å². The van der Waals surface area contributed by atoms with E-state index in [9.17, 15) is 0 Å². The molecule has 0 aliphatic heterocycles. The average Bonchev–Trinajstić information content (AvgIpc) is 2.56. The van der Waals surface area contributed by atoms with Crippen molar-refractivity contribution in [3.63, 3.8) is 0 Å². The monoisotopic (exact) mass is 242 g/mol. The van der Waals surface area contributed by atoms with Crippen LogP contribution in [0.25, 0.3) is 0 Å². The summed E-state index contributed by atoms with van der Waals surface area (Å²) in [6.45, 7) is 5.87. The fourth-order valence-corrected chi connectivity index (χ4v) is 1.96. The average molecular weight is 242 g/mol. The zero-order chi connectivity index (χ0) is 12.0. The van der Waals surface area contributed by atoms with Gasteiger partial charge in [0.2, 0.25) is 0 Å². The number of hydrogen-bond acceptors (Lipinski definition) is 4. The van der Waals surface area contributed by atoms with E-state index in [1.54, 1.807) is 18.4 Å². The quantitative estimate of drug-likeness (QED) is 0.455. The van der Waals surface area contributed by atoms with Crippen LogP contribution in [-0.2, 0) is 11.3 Å². The van der Waals surface area contributed by atoms with Crippen LogP contribution in [0.5, 0.6) is 0 Å². The number of aryl methyl sites for hydroxylation is 2. The minimum atomic E-state index is 0.433. The highest BCUT2D eigenvalue weighted by molar-refractivity contribution is 7.11. The van der Waals surface area contributed by atoms with Crippen molar-refractivity contribution in [3.8, 4) is 0 Å². The van der Waals surface area contributed by atoms with Crippen molar-refractivity contribution in [2.24, 2.45) is 10.7 Å². The van der Waals surface area contributed by atoms with E-state index >= 15 is 0 Å². The van der Waals surface area contributed by atoms with Crippen LogP contribution in [0.4, 0.5) is 0 Å². The third-order valence-corrected chi connectivity index (χ3v) is 3.13. The van der Waals surface area contributed by atoms with Crippen molar-refractivity contribution >= 4 is 17.3 Å². The molecule has 5 nitrogen and oxygen atoms in total. The number of aromatic nitrogens is 1. The Kier molecular flexibility index (Phi) is 5.21. The molecule has 0 aliphatic rings. The highest BCUT2D eigenvalue weighted by Crippen LogP contribution is 2.16. The lowest BCUT2D eigenvalue weighted by molar-refractivity contribution is 0.204. The van der Waals surface area contributed by atoms with Crippen molar-refractivity contribution in [1.82, 2.24) is 10.3 Å². The summed E-state index contributed by atoms with van der Waals surface area (Å²) in [5, 5.41) is 3.95. The van der Waals surface area contributed by atoms with Gasteiger partial charge in [-0.15, -0.1) is 11.3 Å². The van der Waals surface area contributed by atoms with E-state index in [1.807, 2.05) is 6.92 Å². The summed E-state index contributed by atoms with van der Waals surface area (Å²) < 4.78 is 4.89. The maximum absolute atomic E-state index is 5.67. The number of thiazole rings is 1. The zero-order valence-electron chi connectivity index (χ0n) is 9.91. The Morgan fingerprint density at radius 1 is 1.56 bits per heavy atom. The summed E-state index contributed by atoms with van der Waals surface area (Å²) >= 11 is 1.66. The van der Waals surface area contributed by atoms with E-state index in [4.69, 9.17) is 10.5 Å². The Labute approximate surface area is 99.7 Å². The van der Waals surface area contributed by atoms with Gasteiger partial charge in [0.15, 0.2) is 5.96 Å². The van der Waals surface area contributed by atoms with Crippen LogP contribution < -0.4 is 11.1 Å². The van der Waals surface area contributed by atoms with E-state index in [0.717, 1.165) is 10.7 Å². The van der Waals surface area contributed by atoms with E-state index in [1.165, 1.54) is 4.88 Å². The largest absolute Gasteiger partial charge is 0.383 e. The normalized spacial score (nSPS) is 11.8. The van der Waals surface area contributed by atoms with Crippen LogP contribution in [0, 0.1) is 13.8 Å². The molecule has 6 heteroatoms. The molecule has 90 valence electrons. The van der Waals surface area contributed by atoms with Gasteiger partial charge in [-0.25, -0.2) is 9.98 Å². The summed E-state index contributed by atoms with van der Waals surface area (Å²) in [4.78, 5) is 9.81. The topological polar surface area (TPSA) is 72.5 Å². The maximum Gasteiger partial charge on any atom is 0.189 e. The van der Waals surface area contributed by atoms with Gasteiger partial charge in [-0.2, -0.15) is 0 Å². The molecule has 0 atom stereocenters. The molecule has 0 aromatic carbocycles. The first-order valence-corrected chi connectivity index (χ1v) is 5.90. The second kappa shape index (κ2) is 6.44. The lowest BCUT2D eigenvalue weighted by Gasteiger charge is -2.03. The van der Waals surface area contributed by atoms with Gasteiger partial charge in [0.05, 0.1) is 18.8 Å². The molecule has 0 saturated carbocycles. The summed E-state index contributed by atoms with van der Waals surface area (Å²) in [6.07, 6.45) is 0. The van der Waals surface area contributed by atoms with E-state index in [2.05, 4.69) is 22.2 Å². The van der Waals surface area contributed by atoms with Gasteiger partial charge in [0.25, 0.3) is 0 Å². The van der Waals surface area contributed by atoms with Crippen LogP contribution in [0.2, 0.25) is 0 Å². The number of guanidine groups is 1. The SMILES string of the molecule is COCCNC(N)=NCc1nc(C)c(C)s1. The number of hydrogen-bond donors (Lipinski definition) is 2. The molecule has 1 rings (SSSR count). The molecule has 3 N–H and O–H groups in total. The fourth-order valence-electron chi connectivity index (χ4n) is 1.10. The van der Waals surface area contributed by atoms with Gasteiger partial charge < -0.3 is 15.8 Å². The number of methoxy groups -OCH3 is 1. The smallest absolute Gasteiger partial charge is 0.189 e. The summed E-state index contributed by atoms with van der Waals surface area (Å²) in [5.74, 6) is 0.433. The van der Waals surface area contributed by atoms with Crippen LogP contribution in [0.3, 0.4) is 0 Å². The van der Waals surface area contributed by atoms with Gasteiger partial charge in [-0.1, -0.05) is 0 Å². The van der Waals surface area contributed by atoms with Crippen molar-refractivity contribution < 1.29 is 4.74 Å². The summed E-state index contributed by atoms with van der Waals surface area (Å²) in [6, 6.07) is 0. The number of nitrogens with two attached hydrogens (primary N) is 1. The highest BCUT2D eigenvalue weighted by atomic mass is 32.1. The van der Waals surface area contributed by atoms with Gasteiger partial charge in [0.1, 0.15) is 5.01 Å². The van der Waals surface area contributed by atoms with Crippen molar-refractivity contribution in [2.45, 2.75) is 20.4 Å². The Balaban J connectivity index is 2.40. The molecule has 0 spiro atoms. The van der Waals surface area contributed by atoms with Gasteiger partial charge in [-0.05, 0) is 13.8 Å². The van der Waals surface area contributed by atoms with Crippen LogP contribution in [0.1, 0.15) is 15.6 Å². The zero-order valence-corrected chi connectivity index (χ0v) is 10.7.